The van der Waals surface area contributed by atoms with Crippen molar-refractivity contribution in [1.29, 1.82) is 5.26 Å². The van der Waals surface area contributed by atoms with Gasteiger partial charge in [-0.15, -0.1) is 0 Å². The Labute approximate surface area is 174 Å². The van der Waals surface area contributed by atoms with Crippen molar-refractivity contribution in [3.05, 3.63) is 22.8 Å². The zero-order chi connectivity index (χ0) is 20.3. The number of rotatable bonds is 3. The highest BCUT2D eigenvalue weighted by molar-refractivity contribution is 6.33. The summed E-state index contributed by atoms with van der Waals surface area (Å²) in [5.41, 5.74) is -0.148. The quantitative estimate of drug-likeness (QED) is 0.697. The summed E-state index contributed by atoms with van der Waals surface area (Å²) in [6.45, 7) is 0.481. The van der Waals surface area contributed by atoms with Crippen LogP contribution in [0.1, 0.15) is 44.1 Å². The Morgan fingerprint density at radius 1 is 1.34 bits per heavy atom. The fraction of sp³-hybridized carbons (Fsp3) is 0.667. The number of anilines is 1. The van der Waals surface area contributed by atoms with Crippen molar-refractivity contribution in [3.8, 4) is 6.07 Å². The number of carboxylic acid groups (broad SMARTS) is 1. The molecule has 5 fully saturated rings. The van der Waals surface area contributed by atoms with Gasteiger partial charge in [-0.2, -0.15) is 5.26 Å². The predicted octanol–water partition coefficient (Wildman–Crippen LogP) is 3.33. The van der Waals surface area contributed by atoms with Gasteiger partial charge in [0.1, 0.15) is 11.9 Å². The van der Waals surface area contributed by atoms with Gasteiger partial charge in [-0.1, -0.05) is 11.6 Å². The van der Waals surface area contributed by atoms with Crippen LogP contribution in [0.3, 0.4) is 0 Å². The van der Waals surface area contributed by atoms with Crippen LogP contribution in [-0.4, -0.2) is 50.4 Å². The lowest BCUT2D eigenvalue weighted by atomic mass is 9.48. The van der Waals surface area contributed by atoms with Gasteiger partial charge < -0.3 is 20.4 Å². The molecule has 8 heteroatoms. The highest BCUT2D eigenvalue weighted by Gasteiger charge is 2.59. The van der Waals surface area contributed by atoms with Crippen LogP contribution in [0.25, 0.3) is 0 Å². The number of amides is 1. The van der Waals surface area contributed by atoms with Gasteiger partial charge in [0.15, 0.2) is 0 Å². The van der Waals surface area contributed by atoms with Crippen LogP contribution in [0.15, 0.2) is 12.3 Å². The number of halogens is 1. The third kappa shape index (κ3) is 3.13. The lowest BCUT2D eigenvalue weighted by molar-refractivity contribution is -0.162. The number of aromatic nitrogens is 1. The van der Waals surface area contributed by atoms with Gasteiger partial charge in [-0.05, 0) is 68.3 Å². The van der Waals surface area contributed by atoms with E-state index >= 15 is 0 Å². The van der Waals surface area contributed by atoms with E-state index in [0.29, 0.717) is 47.1 Å². The molecule has 5 unspecified atom stereocenters. The van der Waals surface area contributed by atoms with E-state index in [1.165, 1.54) is 6.20 Å². The monoisotopic (exact) mass is 416 g/mol. The van der Waals surface area contributed by atoms with Crippen LogP contribution >= 0.6 is 11.6 Å². The highest BCUT2D eigenvalue weighted by Crippen LogP contribution is 2.60. The third-order valence-electron chi connectivity index (χ3n) is 7.70. The van der Waals surface area contributed by atoms with E-state index < -0.39 is 11.7 Å². The molecule has 4 aliphatic carbocycles. The van der Waals surface area contributed by atoms with E-state index in [-0.39, 0.29) is 18.0 Å². The van der Waals surface area contributed by atoms with Crippen molar-refractivity contribution in [2.24, 2.45) is 23.7 Å². The molecule has 4 saturated carbocycles. The van der Waals surface area contributed by atoms with Gasteiger partial charge in [0.2, 0.25) is 0 Å². The number of hydrogen-bond acceptors (Lipinski definition) is 5. The van der Waals surface area contributed by atoms with Gasteiger partial charge in [-0.3, -0.25) is 0 Å². The Morgan fingerprint density at radius 3 is 2.66 bits per heavy atom. The Kier molecular flexibility index (Phi) is 4.41. The predicted molar refractivity (Wildman–Crippen MR) is 107 cm³/mol. The molecule has 5 aliphatic rings. The lowest BCUT2D eigenvalue weighted by Gasteiger charge is -2.60. The number of aliphatic hydroxyl groups is 1. The number of nitrogens with one attached hydrogen (secondary N) is 1. The van der Waals surface area contributed by atoms with E-state index in [2.05, 4.69) is 10.3 Å². The molecule has 29 heavy (non-hydrogen) atoms. The zero-order valence-corrected chi connectivity index (χ0v) is 16.8. The number of hydrogen-bond donors (Lipinski definition) is 3. The zero-order valence-electron chi connectivity index (χ0n) is 16.1. The number of nitrogens with zero attached hydrogens (tertiary/aromatic N) is 3. The van der Waals surface area contributed by atoms with E-state index in [0.717, 1.165) is 32.1 Å². The number of carbonyl (C=O) groups is 1. The van der Waals surface area contributed by atoms with Gasteiger partial charge in [-0.25, -0.2) is 9.78 Å². The summed E-state index contributed by atoms with van der Waals surface area (Å²) in [5.74, 6) is 2.06. The summed E-state index contributed by atoms with van der Waals surface area (Å²) in [4.78, 5) is 17.9. The second-order valence-electron chi connectivity index (χ2n) is 9.44. The molecule has 1 aromatic heterocycles. The van der Waals surface area contributed by atoms with Crippen molar-refractivity contribution in [2.75, 3.05) is 11.9 Å². The van der Waals surface area contributed by atoms with Crippen LogP contribution in [-0.2, 0) is 0 Å². The van der Waals surface area contributed by atoms with Gasteiger partial charge in [0.05, 0.1) is 28.3 Å². The molecule has 1 aliphatic heterocycles. The van der Waals surface area contributed by atoms with E-state index in [1.54, 1.807) is 11.0 Å². The average molecular weight is 417 g/mol. The summed E-state index contributed by atoms with van der Waals surface area (Å²) in [5, 5.41) is 33.6. The largest absolute Gasteiger partial charge is 0.465 e. The third-order valence-corrected chi connectivity index (χ3v) is 7.99. The van der Waals surface area contributed by atoms with Gasteiger partial charge >= 0.3 is 6.09 Å². The maximum atomic E-state index is 12.0. The number of pyridine rings is 1. The van der Waals surface area contributed by atoms with Gasteiger partial charge in [0.25, 0.3) is 0 Å². The molecule has 4 bridgehead atoms. The molecule has 1 aromatic rings. The molecule has 6 rings (SSSR count). The molecule has 3 N–H and O–H groups in total. The van der Waals surface area contributed by atoms with Crippen molar-refractivity contribution >= 4 is 23.5 Å². The normalized spacial score (nSPS) is 40.1. The minimum absolute atomic E-state index is 0.0822. The SMILES string of the molecule is N#Cc1cnc(NC2CCN(C(=O)O)C2C2[C@@H]3CC4C[C@H]2CC(O)(C4)C3)c(Cl)c1. The Balaban J connectivity index is 1.44. The first-order chi connectivity index (χ1) is 13.9. The van der Waals surface area contributed by atoms with Crippen LogP contribution < -0.4 is 5.32 Å². The maximum absolute atomic E-state index is 12.0. The summed E-state index contributed by atoms with van der Waals surface area (Å²) in [6, 6.07) is 3.37. The molecule has 154 valence electrons. The highest BCUT2D eigenvalue weighted by atomic mass is 35.5. The first kappa shape index (κ1) is 19.0. The van der Waals surface area contributed by atoms with Crippen LogP contribution in [0.2, 0.25) is 5.02 Å². The first-order valence-corrected chi connectivity index (χ1v) is 10.8. The van der Waals surface area contributed by atoms with Crippen molar-refractivity contribution in [2.45, 2.75) is 56.2 Å². The fourth-order valence-corrected chi connectivity index (χ4v) is 7.25. The number of nitriles is 1. The smallest absolute Gasteiger partial charge is 0.407 e. The molecule has 7 nitrogen and oxygen atoms in total. The summed E-state index contributed by atoms with van der Waals surface area (Å²) in [7, 11) is 0. The maximum Gasteiger partial charge on any atom is 0.407 e. The van der Waals surface area contributed by atoms with Crippen molar-refractivity contribution < 1.29 is 15.0 Å². The molecule has 0 spiro atoms. The Morgan fingerprint density at radius 2 is 2.07 bits per heavy atom. The molecule has 1 amide bonds. The molecular weight excluding hydrogens is 392 g/mol. The molecule has 2 heterocycles. The second-order valence-corrected chi connectivity index (χ2v) is 9.85. The summed E-state index contributed by atoms with van der Waals surface area (Å²) >= 11 is 6.32. The van der Waals surface area contributed by atoms with Crippen LogP contribution in [0.5, 0.6) is 0 Å². The second kappa shape index (κ2) is 6.75. The van der Waals surface area contributed by atoms with Crippen molar-refractivity contribution in [3.63, 3.8) is 0 Å². The fourth-order valence-electron chi connectivity index (χ4n) is 7.03. The van der Waals surface area contributed by atoms with Gasteiger partial charge in [0, 0.05) is 12.7 Å². The summed E-state index contributed by atoms with van der Waals surface area (Å²) < 4.78 is 0. The molecule has 0 aromatic carbocycles. The lowest BCUT2D eigenvalue weighted by Crippen LogP contribution is -2.61. The summed E-state index contributed by atoms with van der Waals surface area (Å²) in [6.07, 6.45) is 5.96. The minimum Gasteiger partial charge on any atom is -0.465 e. The van der Waals surface area contributed by atoms with Crippen LogP contribution in [0, 0.1) is 35.0 Å². The number of likely N-dealkylation sites (tertiary alicyclic amines) is 1. The standard InChI is InChI=1S/C21H25ClN4O3/c22-15-5-12(9-23)10-24-19(15)25-16-1-2-26(20(27)28)18(16)17-13-3-11-4-14(17)8-21(29,6-11)7-13/h5,10-11,13-14,16-18,29H,1-4,6-8H2,(H,24,25)(H,27,28)/t11?,13-,14+,16?,17?,18?,21?. The molecule has 0 radical (unpaired) electrons. The average Bonchev–Trinajstić information content (AvgIpc) is 3.05. The first-order valence-electron chi connectivity index (χ1n) is 10.4. The molecular formula is C21H25ClN4O3. The van der Waals surface area contributed by atoms with E-state index in [9.17, 15) is 15.0 Å². The minimum atomic E-state index is -0.884. The van der Waals surface area contributed by atoms with Crippen LogP contribution in [0.4, 0.5) is 10.6 Å². The van der Waals surface area contributed by atoms with Crippen molar-refractivity contribution in [1.82, 2.24) is 9.88 Å². The Hall–Kier alpha value is -2.04. The Bertz CT molecular complexity index is 871. The molecule has 1 saturated heterocycles. The topological polar surface area (TPSA) is 109 Å². The van der Waals surface area contributed by atoms with E-state index in [4.69, 9.17) is 16.9 Å². The molecule has 7 atom stereocenters. The van der Waals surface area contributed by atoms with E-state index in [1.807, 2.05) is 6.07 Å².